The average Bonchev–Trinajstić information content (AvgIpc) is 3.00. The summed E-state index contributed by atoms with van der Waals surface area (Å²) in [5, 5.41) is 3.39. The summed E-state index contributed by atoms with van der Waals surface area (Å²) in [4.78, 5) is 0. The largest absolute Gasteiger partial charge is 0.494 e. The second-order valence-electron chi connectivity index (χ2n) is 5.50. The van der Waals surface area contributed by atoms with Crippen LogP contribution in [-0.2, 0) is 4.74 Å². The van der Waals surface area contributed by atoms with E-state index in [-0.39, 0.29) is 0 Å². The summed E-state index contributed by atoms with van der Waals surface area (Å²) in [6, 6.07) is 10.6. The molecule has 2 atom stereocenters. The van der Waals surface area contributed by atoms with Crippen molar-refractivity contribution in [3.63, 3.8) is 0 Å². The molecule has 1 fully saturated rings. The molecule has 20 heavy (non-hydrogen) atoms. The Kier molecular flexibility index (Phi) is 6.89. The monoisotopic (exact) mass is 277 g/mol. The van der Waals surface area contributed by atoms with Gasteiger partial charge in [0.15, 0.2) is 0 Å². The molecule has 1 saturated heterocycles. The van der Waals surface area contributed by atoms with Crippen LogP contribution in [0.25, 0.3) is 0 Å². The van der Waals surface area contributed by atoms with Crippen LogP contribution in [0.5, 0.6) is 5.75 Å². The van der Waals surface area contributed by atoms with E-state index in [2.05, 4.69) is 5.32 Å². The molecule has 0 bridgehead atoms. The number of hydrogen-bond donors (Lipinski definition) is 1. The predicted octanol–water partition coefficient (Wildman–Crippen LogP) is 3.39. The first-order valence-electron chi connectivity index (χ1n) is 7.85. The summed E-state index contributed by atoms with van der Waals surface area (Å²) in [6.07, 6.45) is 7.71. The molecule has 3 nitrogen and oxygen atoms in total. The van der Waals surface area contributed by atoms with Crippen molar-refractivity contribution < 1.29 is 9.47 Å². The molecular weight excluding hydrogens is 250 g/mol. The number of benzene rings is 1. The molecule has 1 aromatic rings. The van der Waals surface area contributed by atoms with E-state index in [1.165, 1.54) is 32.1 Å². The van der Waals surface area contributed by atoms with Crippen LogP contribution >= 0.6 is 0 Å². The maximum absolute atomic E-state index is 5.75. The normalized spacial score (nSPS) is 19.9. The lowest BCUT2D eigenvalue weighted by atomic mass is 10.0. The minimum Gasteiger partial charge on any atom is -0.494 e. The van der Waals surface area contributed by atoms with Gasteiger partial charge in [-0.15, -0.1) is 0 Å². The molecule has 112 valence electrons. The van der Waals surface area contributed by atoms with Gasteiger partial charge in [-0.05, 0) is 57.7 Å². The molecule has 1 aliphatic rings. The molecule has 2 rings (SSSR count). The minimum absolute atomic E-state index is 0.521. The van der Waals surface area contributed by atoms with Crippen molar-refractivity contribution in [1.82, 2.24) is 5.32 Å². The lowest BCUT2D eigenvalue weighted by Gasteiger charge is -2.17. The van der Waals surface area contributed by atoms with Crippen LogP contribution in [0.15, 0.2) is 30.3 Å². The number of para-hydroxylation sites is 1. The smallest absolute Gasteiger partial charge is 0.119 e. The van der Waals surface area contributed by atoms with Crippen molar-refractivity contribution in [2.75, 3.05) is 20.3 Å². The fourth-order valence-corrected chi connectivity index (χ4v) is 2.73. The van der Waals surface area contributed by atoms with E-state index in [9.17, 15) is 0 Å². The van der Waals surface area contributed by atoms with Crippen molar-refractivity contribution in [2.24, 2.45) is 0 Å². The standard InChI is InChI=1S/C17H27NO2/c1-18-15(7-5-10-17-11-6-13-19-17)12-14-20-16-8-3-2-4-9-16/h2-4,8-9,15,17-18H,5-7,10-14H2,1H3. The van der Waals surface area contributed by atoms with E-state index >= 15 is 0 Å². The minimum atomic E-state index is 0.521. The molecule has 3 heteroatoms. The molecule has 0 radical (unpaired) electrons. The molecule has 1 aliphatic heterocycles. The van der Waals surface area contributed by atoms with Gasteiger partial charge in [-0.3, -0.25) is 0 Å². The van der Waals surface area contributed by atoms with Crippen molar-refractivity contribution in [3.8, 4) is 5.75 Å². The van der Waals surface area contributed by atoms with E-state index in [1.807, 2.05) is 37.4 Å². The molecule has 0 amide bonds. The second-order valence-corrected chi connectivity index (χ2v) is 5.50. The van der Waals surface area contributed by atoms with Gasteiger partial charge < -0.3 is 14.8 Å². The van der Waals surface area contributed by atoms with Gasteiger partial charge in [0, 0.05) is 12.6 Å². The Hall–Kier alpha value is -1.06. The highest BCUT2D eigenvalue weighted by Gasteiger charge is 2.15. The Labute approximate surface area is 122 Å². The maximum atomic E-state index is 5.75. The summed E-state index contributed by atoms with van der Waals surface area (Å²) in [5.41, 5.74) is 0. The molecule has 1 heterocycles. The zero-order chi connectivity index (χ0) is 14.0. The number of ether oxygens (including phenoxy) is 2. The van der Waals surface area contributed by atoms with Gasteiger partial charge in [0.25, 0.3) is 0 Å². The topological polar surface area (TPSA) is 30.5 Å². The first-order chi connectivity index (χ1) is 9.88. The Balaban J connectivity index is 1.57. The van der Waals surface area contributed by atoms with Gasteiger partial charge in [0.2, 0.25) is 0 Å². The van der Waals surface area contributed by atoms with Crippen molar-refractivity contribution in [2.45, 2.75) is 50.7 Å². The Morgan fingerprint density at radius 2 is 2.15 bits per heavy atom. The molecule has 2 unspecified atom stereocenters. The van der Waals surface area contributed by atoms with Crippen LogP contribution in [0, 0.1) is 0 Å². The van der Waals surface area contributed by atoms with Crippen LogP contribution in [0.2, 0.25) is 0 Å². The highest BCUT2D eigenvalue weighted by atomic mass is 16.5. The molecule has 0 aromatic heterocycles. The van der Waals surface area contributed by atoms with E-state index < -0.39 is 0 Å². The van der Waals surface area contributed by atoms with Crippen molar-refractivity contribution in [1.29, 1.82) is 0 Å². The Bertz CT molecular complexity index is 349. The molecule has 1 N–H and O–H groups in total. The summed E-state index contributed by atoms with van der Waals surface area (Å²) in [6.45, 7) is 1.74. The molecule has 0 aliphatic carbocycles. The molecule has 0 saturated carbocycles. The molecular formula is C17H27NO2. The lowest BCUT2D eigenvalue weighted by Crippen LogP contribution is -2.27. The highest BCUT2D eigenvalue weighted by Crippen LogP contribution is 2.18. The first kappa shape index (κ1) is 15.3. The van der Waals surface area contributed by atoms with Crippen LogP contribution in [0.4, 0.5) is 0 Å². The summed E-state index contributed by atoms with van der Waals surface area (Å²) in [5.74, 6) is 0.960. The van der Waals surface area contributed by atoms with E-state index in [4.69, 9.17) is 9.47 Å². The number of hydrogen-bond acceptors (Lipinski definition) is 3. The third-order valence-electron chi connectivity index (χ3n) is 3.99. The van der Waals surface area contributed by atoms with E-state index in [0.717, 1.165) is 25.4 Å². The van der Waals surface area contributed by atoms with Gasteiger partial charge in [0.1, 0.15) is 5.75 Å². The fraction of sp³-hybridized carbons (Fsp3) is 0.647. The SMILES string of the molecule is CNC(CCCC1CCCO1)CCOc1ccccc1. The summed E-state index contributed by atoms with van der Waals surface area (Å²) < 4.78 is 11.4. The summed E-state index contributed by atoms with van der Waals surface area (Å²) in [7, 11) is 2.04. The van der Waals surface area contributed by atoms with Crippen molar-refractivity contribution in [3.05, 3.63) is 30.3 Å². The zero-order valence-electron chi connectivity index (χ0n) is 12.5. The third-order valence-corrected chi connectivity index (χ3v) is 3.99. The van der Waals surface area contributed by atoms with Crippen LogP contribution in [0.1, 0.15) is 38.5 Å². The zero-order valence-corrected chi connectivity index (χ0v) is 12.5. The lowest BCUT2D eigenvalue weighted by molar-refractivity contribution is 0.101. The van der Waals surface area contributed by atoms with Crippen molar-refractivity contribution >= 4 is 0 Å². The number of nitrogens with one attached hydrogen (secondary N) is 1. The van der Waals surface area contributed by atoms with Gasteiger partial charge in [-0.1, -0.05) is 18.2 Å². The highest BCUT2D eigenvalue weighted by molar-refractivity contribution is 5.20. The van der Waals surface area contributed by atoms with Crippen LogP contribution < -0.4 is 10.1 Å². The van der Waals surface area contributed by atoms with E-state index in [1.54, 1.807) is 0 Å². The van der Waals surface area contributed by atoms with Gasteiger partial charge >= 0.3 is 0 Å². The predicted molar refractivity (Wildman–Crippen MR) is 82.2 cm³/mol. The summed E-state index contributed by atoms with van der Waals surface area (Å²) >= 11 is 0. The Morgan fingerprint density at radius 3 is 2.85 bits per heavy atom. The second kappa shape index (κ2) is 8.98. The van der Waals surface area contributed by atoms with Gasteiger partial charge in [0.05, 0.1) is 12.7 Å². The maximum Gasteiger partial charge on any atom is 0.119 e. The van der Waals surface area contributed by atoms with Crippen LogP contribution in [0.3, 0.4) is 0 Å². The van der Waals surface area contributed by atoms with Gasteiger partial charge in [-0.2, -0.15) is 0 Å². The molecule has 0 spiro atoms. The quantitative estimate of drug-likeness (QED) is 0.750. The third kappa shape index (κ3) is 5.51. The first-order valence-corrected chi connectivity index (χ1v) is 7.85. The van der Waals surface area contributed by atoms with Gasteiger partial charge in [-0.25, -0.2) is 0 Å². The number of rotatable bonds is 9. The fourth-order valence-electron chi connectivity index (χ4n) is 2.73. The Morgan fingerprint density at radius 1 is 1.30 bits per heavy atom. The molecule has 1 aromatic carbocycles. The van der Waals surface area contributed by atoms with Crippen LogP contribution in [-0.4, -0.2) is 32.4 Å². The average molecular weight is 277 g/mol. The van der Waals surface area contributed by atoms with E-state index in [0.29, 0.717) is 12.1 Å².